The van der Waals surface area contributed by atoms with Gasteiger partial charge < -0.3 is 9.88 Å². The van der Waals surface area contributed by atoms with E-state index in [4.69, 9.17) is 0 Å². The van der Waals surface area contributed by atoms with Crippen LogP contribution >= 0.6 is 0 Å². The highest BCUT2D eigenvalue weighted by atomic mass is 32.2. The summed E-state index contributed by atoms with van der Waals surface area (Å²) in [5, 5.41) is 3.25. The summed E-state index contributed by atoms with van der Waals surface area (Å²) in [6.45, 7) is 11.9. The smallest absolute Gasteiger partial charge is 0.242 e. The quantitative estimate of drug-likeness (QED) is 0.811. The normalized spacial score (nSPS) is 21.0. The Hall–Kier alpha value is -0.850. The summed E-state index contributed by atoms with van der Waals surface area (Å²) in [5.74, 6) is 0. The van der Waals surface area contributed by atoms with E-state index in [9.17, 15) is 8.42 Å². The van der Waals surface area contributed by atoms with Gasteiger partial charge >= 0.3 is 0 Å². The van der Waals surface area contributed by atoms with Crippen molar-refractivity contribution < 1.29 is 8.42 Å². The zero-order valence-corrected chi connectivity index (χ0v) is 14.4. The summed E-state index contributed by atoms with van der Waals surface area (Å²) < 4.78 is 29.8. The molecular weight excluding hydrogens is 286 g/mol. The molecule has 1 saturated carbocycles. The zero-order chi connectivity index (χ0) is 15.8. The SMILES string of the molecule is CCNCc1cc(S(=O)(=O)NC2CC2(C)C)cn1C(C)C. The minimum Gasteiger partial charge on any atom is -0.346 e. The van der Waals surface area contributed by atoms with Crippen LogP contribution in [0.5, 0.6) is 0 Å². The lowest BCUT2D eigenvalue weighted by Crippen LogP contribution is -2.28. The first-order chi connectivity index (χ1) is 9.67. The fourth-order valence-electron chi connectivity index (χ4n) is 2.44. The molecule has 0 bridgehead atoms. The van der Waals surface area contributed by atoms with Crippen LogP contribution in [-0.2, 0) is 16.6 Å². The van der Waals surface area contributed by atoms with E-state index in [0.29, 0.717) is 11.4 Å². The maximum Gasteiger partial charge on any atom is 0.242 e. The summed E-state index contributed by atoms with van der Waals surface area (Å²) in [4.78, 5) is 0.367. The molecule has 1 heterocycles. The molecule has 1 aliphatic rings. The topological polar surface area (TPSA) is 63.1 Å². The minimum absolute atomic E-state index is 0.0575. The molecule has 0 radical (unpaired) electrons. The van der Waals surface area contributed by atoms with Crippen LogP contribution in [0.2, 0.25) is 0 Å². The van der Waals surface area contributed by atoms with Crippen molar-refractivity contribution in [2.75, 3.05) is 6.54 Å². The number of nitrogens with one attached hydrogen (secondary N) is 2. The average molecular weight is 313 g/mol. The Balaban J connectivity index is 2.22. The molecule has 0 saturated heterocycles. The Morgan fingerprint density at radius 1 is 1.43 bits per heavy atom. The zero-order valence-electron chi connectivity index (χ0n) is 13.6. The summed E-state index contributed by atoms with van der Waals surface area (Å²) in [7, 11) is -3.43. The predicted molar refractivity (Wildman–Crippen MR) is 84.7 cm³/mol. The number of aromatic nitrogens is 1. The van der Waals surface area contributed by atoms with Crippen LogP contribution in [0.25, 0.3) is 0 Å². The molecule has 1 fully saturated rings. The highest BCUT2D eigenvalue weighted by molar-refractivity contribution is 7.89. The maximum atomic E-state index is 12.5. The third-order valence-corrected chi connectivity index (χ3v) is 5.58. The summed E-state index contributed by atoms with van der Waals surface area (Å²) in [5.41, 5.74) is 1.09. The lowest BCUT2D eigenvalue weighted by molar-refractivity contribution is 0.549. The lowest BCUT2D eigenvalue weighted by atomic mass is 10.2. The van der Waals surface area contributed by atoms with E-state index in [-0.39, 0.29) is 17.5 Å². The minimum atomic E-state index is -3.43. The molecule has 2 rings (SSSR count). The molecule has 5 nitrogen and oxygen atoms in total. The van der Waals surface area contributed by atoms with E-state index in [1.807, 2.05) is 11.5 Å². The van der Waals surface area contributed by atoms with Crippen molar-refractivity contribution in [1.82, 2.24) is 14.6 Å². The standard InChI is InChI=1S/C15H27N3O2S/c1-6-16-9-12-7-13(10-18(12)11(2)3)21(19,20)17-14-8-15(14,4)5/h7,10-11,14,16-17H,6,8-9H2,1-5H3. The van der Waals surface area contributed by atoms with Crippen LogP contribution in [0, 0.1) is 5.41 Å². The fourth-order valence-corrected chi connectivity index (χ4v) is 3.90. The van der Waals surface area contributed by atoms with Crippen LogP contribution in [0.4, 0.5) is 0 Å². The van der Waals surface area contributed by atoms with Gasteiger partial charge in [-0.2, -0.15) is 0 Å². The second kappa shape index (κ2) is 5.74. The Bertz CT molecular complexity index is 602. The molecule has 2 N–H and O–H groups in total. The Morgan fingerprint density at radius 2 is 2.05 bits per heavy atom. The first kappa shape index (κ1) is 16.5. The molecular formula is C15H27N3O2S. The van der Waals surface area contributed by atoms with Crippen molar-refractivity contribution >= 4 is 10.0 Å². The number of rotatable bonds is 7. The summed E-state index contributed by atoms with van der Waals surface area (Å²) in [6.07, 6.45) is 2.65. The highest BCUT2D eigenvalue weighted by Crippen LogP contribution is 2.45. The average Bonchev–Trinajstić information content (AvgIpc) is 2.79. The first-order valence-electron chi connectivity index (χ1n) is 7.61. The fraction of sp³-hybridized carbons (Fsp3) is 0.733. The van der Waals surface area contributed by atoms with E-state index in [1.54, 1.807) is 12.3 Å². The van der Waals surface area contributed by atoms with Gasteiger partial charge in [0.2, 0.25) is 10.0 Å². The molecule has 1 unspecified atom stereocenters. The van der Waals surface area contributed by atoms with Gasteiger partial charge in [0.15, 0.2) is 0 Å². The van der Waals surface area contributed by atoms with Crippen molar-refractivity contribution in [2.24, 2.45) is 5.41 Å². The van der Waals surface area contributed by atoms with Crippen LogP contribution < -0.4 is 10.0 Å². The van der Waals surface area contributed by atoms with Crippen molar-refractivity contribution in [1.29, 1.82) is 0 Å². The molecule has 21 heavy (non-hydrogen) atoms. The van der Waals surface area contributed by atoms with E-state index < -0.39 is 10.0 Å². The van der Waals surface area contributed by atoms with Gasteiger partial charge in [-0.05, 0) is 38.3 Å². The Labute approximate surface area is 128 Å². The molecule has 1 aromatic rings. The van der Waals surface area contributed by atoms with Gasteiger partial charge in [0.1, 0.15) is 0 Å². The Kier molecular flexibility index (Phi) is 4.52. The third kappa shape index (κ3) is 3.67. The van der Waals surface area contributed by atoms with Crippen molar-refractivity contribution in [3.63, 3.8) is 0 Å². The van der Waals surface area contributed by atoms with Crippen LogP contribution in [0.3, 0.4) is 0 Å². The second-order valence-corrected chi connectivity index (χ2v) is 8.53. The molecule has 0 aliphatic heterocycles. The van der Waals surface area contributed by atoms with Gasteiger partial charge in [-0.15, -0.1) is 0 Å². The van der Waals surface area contributed by atoms with Gasteiger partial charge in [-0.25, -0.2) is 13.1 Å². The van der Waals surface area contributed by atoms with E-state index in [1.165, 1.54) is 0 Å². The van der Waals surface area contributed by atoms with Crippen molar-refractivity contribution in [3.8, 4) is 0 Å². The maximum absolute atomic E-state index is 12.5. The van der Waals surface area contributed by atoms with E-state index >= 15 is 0 Å². The lowest BCUT2D eigenvalue weighted by Gasteiger charge is -2.12. The van der Waals surface area contributed by atoms with Crippen LogP contribution in [-0.4, -0.2) is 25.6 Å². The number of nitrogens with zero attached hydrogens (tertiary/aromatic N) is 1. The number of sulfonamides is 1. The van der Waals surface area contributed by atoms with Gasteiger partial charge in [0.25, 0.3) is 0 Å². The van der Waals surface area contributed by atoms with Gasteiger partial charge in [-0.1, -0.05) is 20.8 Å². The molecule has 0 amide bonds. The van der Waals surface area contributed by atoms with Gasteiger partial charge in [0, 0.05) is 30.5 Å². The summed E-state index contributed by atoms with van der Waals surface area (Å²) >= 11 is 0. The van der Waals surface area contributed by atoms with Gasteiger partial charge in [0.05, 0.1) is 4.90 Å². The monoisotopic (exact) mass is 313 g/mol. The summed E-state index contributed by atoms with van der Waals surface area (Å²) in [6, 6.07) is 2.07. The largest absolute Gasteiger partial charge is 0.346 e. The van der Waals surface area contributed by atoms with Crippen LogP contribution in [0.15, 0.2) is 17.2 Å². The molecule has 6 heteroatoms. The van der Waals surface area contributed by atoms with Gasteiger partial charge in [-0.3, -0.25) is 0 Å². The molecule has 1 aromatic heterocycles. The first-order valence-corrected chi connectivity index (χ1v) is 9.09. The van der Waals surface area contributed by atoms with Crippen molar-refractivity contribution in [3.05, 3.63) is 18.0 Å². The molecule has 0 aromatic carbocycles. The Morgan fingerprint density at radius 3 is 2.52 bits per heavy atom. The second-order valence-electron chi connectivity index (χ2n) is 6.82. The van der Waals surface area contributed by atoms with E-state index in [0.717, 1.165) is 18.7 Å². The third-order valence-electron chi connectivity index (χ3n) is 4.14. The van der Waals surface area contributed by atoms with Crippen molar-refractivity contribution in [2.45, 2.75) is 64.6 Å². The predicted octanol–water partition coefficient (Wildman–Crippen LogP) is 2.26. The molecule has 1 aliphatic carbocycles. The molecule has 0 spiro atoms. The van der Waals surface area contributed by atoms with E-state index in [2.05, 4.69) is 37.7 Å². The molecule has 1 atom stereocenters. The highest BCUT2D eigenvalue weighted by Gasteiger charge is 2.48. The molecule has 120 valence electrons. The number of hydrogen-bond acceptors (Lipinski definition) is 3. The van der Waals surface area contributed by atoms with Crippen LogP contribution in [0.1, 0.15) is 52.8 Å². The number of hydrogen-bond donors (Lipinski definition) is 2.